The van der Waals surface area contributed by atoms with E-state index in [1.54, 1.807) is 12.1 Å². The van der Waals surface area contributed by atoms with Crippen molar-refractivity contribution >= 4 is 36.4 Å². The Bertz CT molecular complexity index is 883. The van der Waals surface area contributed by atoms with Crippen LogP contribution in [0.1, 0.15) is 37.1 Å². The summed E-state index contributed by atoms with van der Waals surface area (Å²) >= 11 is 0. The molecule has 1 amide bonds. The van der Waals surface area contributed by atoms with Gasteiger partial charge in [0.2, 0.25) is 0 Å². The highest BCUT2D eigenvalue weighted by Crippen LogP contribution is 2.49. The third kappa shape index (κ3) is 4.33. The van der Waals surface area contributed by atoms with E-state index in [4.69, 9.17) is 5.73 Å². The molecule has 2 aromatic rings. The molecule has 5 nitrogen and oxygen atoms in total. The van der Waals surface area contributed by atoms with Crippen LogP contribution in [0.3, 0.4) is 0 Å². The fourth-order valence-corrected chi connectivity index (χ4v) is 3.63. The number of hydrogen-bond donors (Lipinski definition) is 3. The quantitative estimate of drug-likeness (QED) is 0.608. The van der Waals surface area contributed by atoms with Crippen molar-refractivity contribution in [1.29, 1.82) is 0 Å². The van der Waals surface area contributed by atoms with Crippen LogP contribution < -0.4 is 11.1 Å². The van der Waals surface area contributed by atoms with Crippen LogP contribution in [0, 0.1) is 31.5 Å². The number of benzene rings is 1. The van der Waals surface area contributed by atoms with Crippen LogP contribution >= 0.6 is 24.8 Å². The Balaban J connectivity index is 0.00000140. The number of rotatable bonds is 5. The molecule has 8 heteroatoms. The van der Waals surface area contributed by atoms with Gasteiger partial charge in [-0.05, 0) is 75.1 Å². The minimum Gasteiger partial charge on any atom is -0.394 e. The van der Waals surface area contributed by atoms with Crippen molar-refractivity contribution in [2.24, 2.45) is 17.6 Å². The number of H-pyrrole nitrogens is 1. The third-order valence-electron chi connectivity index (χ3n) is 5.21. The summed E-state index contributed by atoms with van der Waals surface area (Å²) in [7, 11) is 0. The second-order valence-electron chi connectivity index (χ2n) is 7.38. The minimum absolute atomic E-state index is 0. The number of aromatic amines is 1. The molecule has 152 valence electrons. The molecule has 28 heavy (non-hydrogen) atoms. The molecular weight excluding hydrogens is 402 g/mol. The molecule has 0 spiro atoms. The average Bonchev–Trinajstić information content (AvgIpc) is 3.51. The smallest absolute Gasteiger partial charge is 0.271 e. The van der Waals surface area contributed by atoms with Gasteiger partial charge >= 0.3 is 0 Å². The van der Waals surface area contributed by atoms with Gasteiger partial charge in [-0.3, -0.25) is 9.89 Å². The molecule has 1 aromatic carbocycles. The summed E-state index contributed by atoms with van der Waals surface area (Å²) in [6.07, 6.45) is 4.47. The Hall–Kier alpha value is -2.05. The summed E-state index contributed by atoms with van der Waals surface area (Å²) in [6, 6.07) is 4.70. The summed E-state index contributed by atoms with van der Waals surface area (Å²) in [5, 5.41) is 9.71. The van der Waals surface area contributed by atoms with E-state index < -0.39 is 5.82 Å². The number of nitrogens with two attached hydrogens (primary N) is 1. The third-order valence-corrected chi connectivity index (χ3v) is 5.21. The largest absolute Gasteiger partial charge is 0.394 e. The molecule has 2 fully saturated rings. The Labute approximate surface area is 176 Å². The number of nitrogens with one attached hydrogen (secondary N) is 2. The van der Waals surface area contributed by atoms with Crippen LogP contribution in [-0.2, 0) is 4.79 Å². The average molecular weight is 427 g/mol. The zero-order chi connectivity index (χ0) is 18.4. The van der Waals surface area contributed by atoms with Crippen LogP contribution in [0.2, 0.25) is 0 Å². The second kappa shape index (κ2) is 8.53. The van der Waals surface area contributed by atoms with Gasteiger partial charge in [-0.2, -0.15) is 5.10 Å². The lowest BCUT2D eigenvalue weighted by atomic mass is 10.0. The number of aromatic nitrogens is 2. The molecular formula is C20H25Cl2FN4O. The summed E-state index contributed by atoms with van der Waals surface area (Å²) in [5.41, 5.74) is 10.7. The summed E-state index contributed by atoms with van der Waals surface area (Å²) in [5.74, 6) is 0.211. The Kier molecular flexibility index (Phi) is 6.78. The van der Waals surface area contributed by atoms with Gasteiger partial charge < -0.3 is 11.1 Å². The number of amides is 1. The van der Waals surface area contributed by atoms with Gasteiger partial charge in [0, 0.05) is 22.5 Å². The van der Waals surface area contributed by atoms with Crippen molar-refractivity contribution in [3.05, 3.63) is 46.7 Å². The van der Waals surface area contributed by atoms with Gasteiger partial charge in [-0.15, -0.1) is 24.8 Å². The summed E-state index contributed by atoms with van der Waals surface area (Å²) in [4.78, 5) is 12.5. The monoisotopic (exact) mass is 426 g/mol. The van der Waals surface area contributed by atoms with Gasteiger partial charge in [-0.25, -0.2) is 4.39 Å². The summed E-state index contributed by atoms with van der Waals surface area (Å²) in [6.45, 7) is 3.68. The zero-order valence-corrected chi connectivity index (χ0v) is 17.5. The van der Waals surface area contributed by atoms with Crippen LogP contribution in [-0.4, -0.2) is 16.1 Å². The molecule has 0 bridgehead atoms. The number of carbonyl (C=O) groups excluding carboxylic acids is 1. The lowest BCUT2D eigenvalue weighted by Gasteiger charge is -2.12. The fourth-order valence-electron chi connectivity index (χ4n) is 3.63. The molecule has 1 aromatic heterocycles. The van der Waals surface area contributed by atoms with E-state index in [0.717, 1.165) is 48.2 Å². The molecule has 2 saturated carbocycles. The highest BCUT2D eigenvalue weighted by molar-refractivity contribution is 6.03. The number of carbonyl (C=O) groups is 1. The van der Waals surface area contributed by atoms with Crippen LogP contribution in [0.15, 0.2) is 29.5 Å². The first-order valence-electron chi connectivity index (χ1n) is 9.08. The number of anilines is 1. The maximum Gasteiger partial charge on any atom is 0.271 e. The highest BCUT2D eigenvalue weighted by Gasteiger charge is 2.39. The molecule has 0 aliphatic heterocycles. The Morgan fingerprint density at radius 2 is 1.79 bits per heavy atom. The van der Waals surface area contributed by atoms with E-state index in [2.05, 4.69) is 15.5 Å². The highest BCUT2D eigenvalue weighted by atomic mass is 35.5. The topological polar surface area (TPSA) is 83.8 Å². The van der Waals surface area contributed by atoms with E-state index in [1.807, 2.05) is 13.8 Å². The Morgan fingerprint density at radius 3 is 2.25 bits per heavy atom. The van der Waals surface area contributed by atoms with Crippen molar-refractivity contribution in [2.45, 2.75) is 39.5 Å². The van der Waals surface area contributed by atoms with Crippen molar-refractivity contribution in [2.75, 3.05) is 5.32 Å². The normalized spacial score (nSPS) is 15.2. The standard InChI is InChI=1S/C20H23FN4O.2ClH/c1-10-17(11(2)25-24-10)15-8-7-14(9-16(15)21)23-20(26)19(22)18(12-3-4-12)13-5-6-13;;/h7-9,12-13H,3-6,22H2,1-2H3,(H,23,26)(H,24,25);2*1H. The number of hydrogen-bond acceptors (Lipinski definition) is 3. The van der Waals surface area contributed by atoms with Crippen LogP contribution in [0.25, 0.3) is 11.1 Å². The van der Waals surface area contributed by atoms with E-state index in [0.29, 0.717) is 28.8 Å². The molecule has 2 aliphatic carbocycles. The second-order valence-corrected chi connectivity index (χ2v) is 7.38. The predicted octanol–water partition coefficient (Wildman–Crippen LogP) is 4.65. The van der Waals surface area contributed by atoms with E-state index in [1.165, 1.54) is 6.07 Å². The van der Waals surface area contributed by atoms with Gasteiger partial charge in [0.1, 0.15) is 5.82 Å². The first-order chi connectivity index (χ1) is 12.5. The molecule has 0 saturated heterocycles. The maximum atomic E-state index is 14.6. The van der Waals surface area contributed by atoms with Gasteiger partial charge in [0.05, 0.1) is 11.4 Å². The maximum absolute atomic E-state index is 14.6. The molecule has 4 rings (SSSR count). The molecule has 1 heterocycles. The van der Waals surface area contributed by atoms with Crippen molar-refractivity contribution in [1.82, 2.24) is 10.2 Å². The van der Waals surface area contributed by atoms with E-state index >= 15 is 0 Å². The minimum atomic E-state index is -0.400. The van der Waals surface area contributed by atoms with Gasteiger partial charge in [0.25, 0.3) is 5.91 Å². The molecule has 0 unspecified atom stereocenters. The summed E-state index contributed by atoms with van der Waals surface area (Å²) < 4.78 is 14.6. The van der Waals surface area contributed by atoms with E-state index in [-0.39, 0.29) is 30.7 Å². The number of nitrogens with zero attached hydrogens (tertiary/aromatic N) is 1. The number of halogens is 3. The number of aryl methyl sites for hydroxylation is 2. The number of allylic oxidation sites excluding steroid dienone is 1. The first-order valence-corrected chi connectivity index (χ1v) is 9.08. The lowest BCUT2D eigenvalue weighted by Crippen LogP contribution is -2.23. The first kappa shape index (κ1) is 22.2. The lowest BCUT2D eigenvalue weighted by molar-refractivity contribution is -0.113. The molecule has 0 radical (unpaired) electrons. The Morgan fingerprint density at radius 1 is 1.18 bits per heavy atom. The predicted molar refractivity (Wildman–Crippen MR) is 113 cm³/mol. The molecule has 0 atom stereocenters. The SMILES string of the molecule is Cc1n[nH]c(C)c1-c1ccc(NC(=O)C(N)=C(C2CC2)C2CC2)cc1F.Cl.Cl. The molecule has 4 N–H and O–H groups in total. The fraction of sp³-hybridized carbons (Fsp3) is 0.400. The van der Waals surface area contributed by atoms with Crippen LogP contribution in [0.5, 0.6) is 0 Å². The zero-order valence-electron chi connectivity index (χ0n) is 15.8. The van der Waals surface area contributed by atoms with Gasteiger partial charge in [0.15, 0.2) is 0 Å². The van der Waals surface area contributed by atoms with Gasteiger partial charge in [-0.1, -0.05) is 0 Å². The van der Waals surface area contributed by atoms with Crippen LogP contribution in [0.4, 0.5) is 10.1 Å². The molecule has 2 aliphatic rings. The van der Waals surface area contributed by atoms with Crippen molar-refractivity contribution in [3.8, 4) is 11.1 Å². The van der Waals surface area contributed by atoms with Crippen molar-refractivity contribution < 1.29 is 9.18 Å². The van der Waals surface area contributed by atoms with E-state index in [9.17, 15) is 9.18 Å². The van der Waals surface area contributed by atoms with Crippen molar-refractivity contribution in [3.63, 3.8) is 0 Å².